The quantitative estimate of drug-likeness (QED) is 0.207. The van der Waals surface area contributed by atoms with E-state index in [-0.39, 0.29) is 11.3 Å². The second kappa shape index (κ2) is 11.9. The smallest absolute Gasteiger partial charge is 0.387 e. The molecule has 5 atom stereocenters. The van der Waals surface area contributed by atoms with E-state index in [2.05, 4.69) is 13.8 Å². The van der Waals surface area contributed by atoms with Gasteiger partial charge < -0.3 is 29.6 Å². The first-order valence-electron chi connectivity index (χ1n) is 11.7. The molecule has 1 fully saturated rings. The minimum absolute atomic E-state index is 0.113. The van der Waals surface area contributed by atoms with Crippen molar-refractivity contribution in [1.29, 1.82) is 0 Å². The number of rotatable bonds is 9. The van der Waals surface area contributed by atoms with Crippen molar-refractivity contribution in [3.8, 4) is 11.1 Å². The number of aromatic nitrogens is 3. The van der Waals surface area contributed by atoms with Gasteiger partial charge >= 0.3 is 27.5 Å². The number of pyridine rings is 1. The van der Waals surface area contributed by atoms with Crippen LogP contribution in [0.2, 0.25) is 0 Å². The summed E-state index contributed by atoms with van der Waals surface area (Å²) in [4.78, 5) is 56.1. The predicted octanol–water partition coefficient (Wildman–Crippen LogP) is 0.985. The molecular weight excluding hydrogens is 617 g/mol. The largest absolute Gasteiger partial charge is 0.481 e. The number of aliphatic hydroxyl groups is 2. The summed E-state index contributed by atoms with van der Waals surface area (Å²) in [6.45, 7) is -1.78. The van der Waals surface area contributed by atoms with Gasteiger partial charge in [0.25, 0.3) is 5.56 Å². The zero-order valence-corrected chi connectivity index (χ0v) is 22.7. The average Bonchev–Trinajstić information content (AvgIpc) is 3.17. The summed E-state index contributed by atoms with van der Waals surface area (Å²) in [5.41, 5.74) is -3.18. The van der Waals surface area contributed by atoms with Crippen molar-refractivity contribution >= 4 is 15.6 Å². The molecule has 2 aromatic heterocycles. The van der Waals surface area contributed by atoms with Crippen molar-refractivity contribution in [3.05, 3.63) is 87.0 Å². The van der Waals surface area contributed by atoms with Gasteiger partial charge in [-0.15, -0.1) is 0 Å². The van der Waals surface area contributed by atoms with Gasteiger partial charge in [0.05, 0.1) is 18.8 Å². The molecule has 0 bridgehead atoms. The average molecular weight is 639 g/mol. The third-order valence-electron chi connectivity index (χ3n) is 5.91. The highest BCUT2D eigenvalue weighted by Gasteiger charge is 2.46. The third-order valence-corrected chi connectivity index (χ3v) is 8.07. The second-order valence-electron chi connectivity index (χ2n) is 8.91. The Kier molecular flexibility index (Phi) is 9.06. The van der Waals surface area contributed by atoms with E-state index in [9.17, 15) is 47.0 Å². The van der Waals surface area contributed by atoms with Crippen LogP contribution in [0.3, 0.4) is 0 Å². The fraction of sp³-hybridized carbons (Fsp3) is 0.318. The number of hydrogen-bond acceptors (Lipinski definition) is 10. The molecule has 4 rings (SSSR count). The molecule has 42 heavy (non-hydrogen) atoms. The van der Waals surface area contributed by atoms with Gasteiger partial charge in [-0.3, -0.25) is 18.5 Å². The molecule has 15 nitrogen and oxygen atoms in total. The Morgan fingerprint density at radius 1 is 0.976 bits per heavy atom. The summed E-state index contributed by atoms with van der Waals surface area (Å²) in [5.74, 6) is 0. The van der Waals surface area contributed by atoms with Crippen LogP contribution in [-0.4, -0.2) is 63.9 Å². The zero-order valence-electron chi connectivity index (χ0n) is 20.9. The molecule has 5 N–H and O–H groups in total. The van der Waals surface area contributed by atoms with Gasteiger partial charge in [0.15, 0.2) is 6.23 Å². The molecule has 0 aliphatic carbocycles. The number of benzene rings is 1. The lowest BCUT2D eigenvalue weighted by Gasteiger charge is -2.19. The van der Waals surface area contributed by atoms with Crippen LogP contribution in [0.25, 0.3) is 11.1 Å². The van der Waals surface area contributed by atoms with Crippen LogP contribution in [0.1, 0.15) is 17.6 Å². The molecule has 0 spiro atoms. The highest BCUT2D eigenvalue weighted by atomic mass is 31.3. The number of ether oxygens (including phenoxy) is 1. The summed E-state index contributed by atoms with van der Waals surface area (Å²) >= 11 is 0. The summed E-state index contributed by atoms with van der Waals surface area (Å²) in [7, 11) is -10.8. The first kappa shape index (κ1) is 31.9. The molecule has 3 heterocycles. The SMILES string of the molecule is O=c1ccn([C@@H]2O[C@H](COP(=O)(O)OP(=O)(O)O)C(O)C2O)c(=O)n1Cc1cc(-c2ccccc2)cc(C(F)(F)F)n1. The van der Waals surface area contributed by atoms with Crippen molar-refractivity contribution in [2.45, 2.75) is 37.3 Å². The Morgan fingerprint density at radius 3 is 2.26 bits per heavy atom. The van der Waals surface area contributed by atoms with Crippen LogP contribution in [0.5, 0.6) is 0 Å². The Balaban J connectivity index is 1.63. The number of halogens is 3. The Labute approximate surface area is 232 Å². The highest BCUT2D eigenvalue weighted by Crippen LogP contribution is 2.57. The number of phosphoric acid groups is 2. The van der Waals surface area contributed by atoms with Crippen LogP contribution >= 0.6 is 15.6 Å². The molecule has 1 aliphatic heterocycles. The van der Waals surface area contributed by atoms with E-state index in [0.717, 1.165) is 18.3 Å². The Morgan fingerprint density at radius 2 is 1.64 bits per heavy atom. The second-order valence-corrected chi connectivity index (χ2v) is 11.7. The Bertz CT molecular complexity index is 1660. The number of aliphatic hydroxyl groups excluding tert-OH is 2. The van der Waals surface area contributed by atoms with E-state index in [1.807, 2.05) is 0 Å². The highest BCUT2D eigenvalue weighted by molar-refractivity contribution is 7.60. The summed E-state index contributed by atoms with van der Waals surface area (Å²) in [5, 5.41) is 20.8. The number of hydrogen-bond donors (Lipinski definition) is 5. The van der Waals surface area contributed by atoms with Gasteiger partial charge in [-0.25, -0.2) is 18.9 Å². The van der Waals surface area contributed by atoms with Crippen LogP contribution in [-0.2, 0) is 35.4 Å². The van der Waals surface area contributed by atoms with Crippen molar-refractivity contribution in [3.63, 3.8) is 0 Å². The normalized spacial score (nSPS) is 22.7. The van der Waals surface area contributed by atoms with E-state index < -0.39 is 76.5 Å². The van der Waals surface area contributed by atoms with Gasteiger partial charge in [0.1, 0.15) is 24.0 Å². The van der Waals surface area contributed by atoms with Crippen molar-refractivity contribution < 1.29 is 60.8 Å². The summed E-state index contributed by atoms with van der Waals surface area (Å²) < 4.78 is 77.8. The summed E-state index contributed by atoms with van der Waals surface area (Å²) in [6.07, 6.45) is -11.1. The van der Waals surface area contributed by atoms with Crippen molar-refractivity contribution in [2.24, 2.45) is 0 Å². The monoisotopic (exact) mass is 639 g/mol. The molecule has 20 heteroatoms. The van der Waals surface area contributed by atoms with E-state index in [1.165, 1.54) is 6.07 Å². The van der Waals surface area contributed by atoms with Gasteiger partial charge in [0.2, 0.25) is 0 Å². The lowest BCUT2D eigenvalue weighted by atomic mass is 10.0. The number of phosphoric ester groups is 1. The molecule has 3 aromatic rings. The van der Waals surface area contributed by atoms with Crippen LogP contribution < -0.4 is 11.2 Å². The first-order chi connectivity index (χ1) is 19.4. The van der Waals surface area contributed by atoms with E-state index in [4.69, 9.17) is 14.5 Å². The van der Waals surface area contributed by atoms with E-state index in [0.29, 0.717) is 14.7 Å². The lowest BCUT2D eigenvalue weighted by Crippen LogP contribution is -2.43. The van der Waals surface area contributed by atoms with Crippen molar-refractivity contribution in [1.82, 2.24) is 14.1 Å². The lowest BCUT2D eigenvalue weighted by molar-refractivity contribution is -0.141. The first-order valence-corrected chi connectivity index (χ1v) is 14.7. The molecule has 1 saturated heterocycles. The van der Waals surface area contributed by atoms with E-state index in [1.54, 1.807) is 30.3 Å². The molecule has 0 amide bonds. The fourth-order valence-corrected chi connectivity index (χ4v) is 5.67. The molecule has 1 aromatic carbocycles. The zero-order chi connectivity index (χ0) is 31.0. The maximum Gasteiger partial charge on any atom is 0.481 e. The fourth-order valence-electron chi connectivity index (χ4n) is 4.07. The molecule has 3 unspecified atom stereocenters. The standard InChI is InChI=1S/C22H22F3N3O12P2/c23-22(24,25)16-9-13(12-4-2-1-3-5-12)8-14(26-16)10-28-17(29)6-7-27(21(28)32)20-19(31)18(30)15(39-20)11-38-42(36,37)40-41(33,34)35/h1-9,15,18-20,30-31H,10-11H2,(H,36,37)(H2,33,34,35)/t15-,18?,19?,20-/m1/s1. The molecular formula is C22H22F3N3O12P2. The van der Waals surface area contributed by atoms with Crippen molar-refractivity contribution in [2.75, 3.05) is 6.61 Å². The van der Waals surface area contributed by atoms with Crippen LogP contribution in [0.4, 0.5) is 13.2 Å². The number of alkyl halides is 3. The molecule has 0 radical (unpaired) electrons. The minimum atomic E-state index is -5.45. The van der Waals surface area contributed by atoms with E-state index >= 15 is 0 Å². The maximum absolute atomic E-state index is 13.6. The topological polar surface area (TPSA) is 220 Å². The molecule has 0 saturated carbocycles. The van der Waals surface area contributed by atoms with Crippen LogP contribution in [0, 0.1) is 0 Å². The minimum Gasteiger partial charge on any atom is -0.387 e. The van der Waals surface area contributed by atoms with Gasteiger partial charge in [-0.05, 0) is 23.3 Å². The summed E-state index contributed by atoms with van der Waals surface area (Å²) in [6, 6.07) is 10.9. The van der Waals surface area contributed by atoms with Gasteiger partial charge in [-0.1, -0.05) is 30.3 Å². The third kappa shape index (κ3) is 7.48. The molecule has 228 valence electrons. The predicted molar refractivity (Wildman–Crippen MR) is 134 cm³/mol. The Hall–Kier alpha value is -3.02. The number of nitrogens with zero attached hydrogens (tertiary/aromatic N) is 3. The molecule has 1 aliphatic rings. The van der Waals surface area contributed by atoms with Gasteiger partial charge in [0, 0.05) is 12.3 Å². The van der Waals surface area contributed by atoms with Crippen LogP contribution in [0.15, 0.2) is 64.3 Å². The maximum atomic E-state index is 13.6. The van der Waals surface area contributed by atoms with Gasteiger partial charge in [-0.2, -0.15) is 17.5 Å².